The summed E-state index contributed by atoms with van der Waals surface area (Å²) in [5.41, 5.74) is 6.78. The molecular weight excluding hydrogens is 447 g/mol. The molecule has 9 heteroatoms. The first-order chi connectivity index (χ1) is 12.1. The van der Waals surface area contributed by atoms with Crippen LogP contribution in [-0.4, -0.2) is 41.5 Å². The van der Waals surface area contributed by atoms with Crippen molar-refractivity contribution in [3.8, 4) is 11.5 Å². The third kappa shape index (κ3) is 4.57. The van der Waals surface area contributed by atoms with Gasteiger partial charge in [-0.1, -0.05) is 0 Å². The number of aryl methyl sites for hydroxylation is 2. The van der Waals surface area contributed by atoms with Crippen molar-refractivity contribution in [1.82, 2.24) is 14.8 Å². The molecule has 1 atom stereocenters. The number of nitrogens with two attached hydrogens (primary N) is 1. The van der Waals surface area contributed by atoms with Gasteiger partial charge in [-0.15, -0.1) is 34.2 Å². The Labute approximate surface area is 170 Å². The van der Waals surface area contributed by atoms with Crippen molar-refractivity contribution in [1.29, 1.82) is 0 Å². The Morgan fingerprint density at radius 3 is 2.88 bits per heavy atom. The number of ether oxygens (including phenoxy) is 2. The van der Waals surface area contributed by atoms with E-state index in [1.54, 1.807) is 14.2 Å². The van der Waals surface area contributed by atoms with Gasteiger partial charge in [-0.25, -0.2) is 0 Å². The second-order valence-electron chi connectivity index (χ2n) is 6.10. The van der Waals surface area contributed by atoms with Crippen molar-refractivity contribution in [2.45, 2.75) is 26.3 Å². The molecule has 1 aromatic heterocycles. The van der Waals surface area contributed by atoms with Crippen LogP contribution in [0.3, 0.4) is 0 Å². The average Bonchev–Trinajstić information content (AvgIpc) is 3.00. The summed E-state index contributed by atoms with van der Waals surface area (Å²) in [6.07, 6.45) is 1.97. The first-order valence-corrected chi connectivity index (χ1v) is 8.28. The molecule has 3 rings (SSSR count). The van der Waals surface area contributed by atoms with Crippen LogP contribution in [0.1, 0.15) is 18.1 Å². The smallest absolute Gasteiger partial charge is 0.193 e. The molecule has 0 spiro atoms. The maximum atomic E-state index is 6.05. The summed E-state index contributed by atoms with van der Waals surface area (Å²) in [6, 6.07) is 5.49. The lowest BCUT2D eigenvalue weighted by atomic mass is 9.99. The Hall–Kier alpha value is -2.04. The topological polar surface area (TPSA) is 99.6 Å². The van der Waals surface area contributed by atoms with Crippen molar-refractivity contribution in [3.63, 3.8) is 0 Å². The molecule has 8 nitrogen and oxygen atoms in total. The van der Waals surface area contributed by atoms with Crippen molar-refractivity contribution in [2.75, 3.05) is 26.1 Å². The molecule has 0 saturated heterocycles. The van der Waals surface area contributed by atoms with Crippen LogP contribution in [0.5, 0.6) is 11.5 Å². The number of nitrogens with zero attached hydrogens (tertiary/aromatic N) is 4. The average molecular weight is 472 g/mol. The Morgan fingerprint density at radius 1 is 1.35 bits per heavy atom. The first kappa shape index (κ1) is 20.3. The predicted molar refractivity (Wildman–Crippen MR) is 112 cm³/mol. The van der Waals surface area contributed by atoms with E-state index in [4.69, 9.17) is 15.2 Å². The van der Waals surface area contributed by atoms with Crippen LogP contribution < -0.4 is 20.5 Å². The second kappa shape index (κ2) is 9.06. The fourth-order valence-electron chi connectivity index (χ4n) is 3.00. The fraction of sp³-hybridized carbons (Fsp3) is 0.471. The molecule has 0 fully saturated rings. The molecule has 0 radical (unpaired) electrons. The van der Waals surface area contributed by atoms with Crippen LogP contribution in [0, 0.1) is 12.8 Å². The number of halogens is 1. The van der Waals surface area contributed by atoms with Crippen molar-refractivity contribution < 1.29 is 9.47 Å². The highest BCUT2D eigenvalue weighted by Crippen LogP contribution is 2.28. The van der Waals surface area contributed by atoms with Gasteiger partial charge in [0.15, 0.2) is 5.96 Å². The van der Waals surface area contributed by atoms with Crippen LogP contribution in [-0.2, 0) is 13.0 Å². The van der Waals surface area contributed by atoms with Crippen LogP contribution in [0.2, 0.25) is 0 Å². The third-order valence-electron chi connectivity index (χ3n) is 4.42. The second-order valence-corrected chi connectivity index (χ2v) is 6.10. The molecule has 1 aliphatic rings. The minimum atomic E-state index is 0. The lowest BCUT2D eigenvalue weighted by Crippen LogP contribution is -2.27. The zero-order chi connectivity index (χ0) is 17.8. The molecule has 1 aromatic carbocycles. The van der Waals surface area contributed by atoms with Crippen molar-refractivity contribution in [3.05, 3.63) is 29.8 Å². The minimum absolute atomic E-state index is 0. The summed E-state index contributed by atoms with van der Waals surface area (Å²) in [5.74, 6) is 4.20. The number of anilines is 1. The number of nitrogens with one attached hydrogen (secondary N) is 1. The summed E-state index contributed by atoms with van der Waals surface area (Å²) in [4.78, 5) is 4.49. The first-order valence-electron chi connectivity index (χ1n) is 8.28. The fourth-order valence-corrected chi connectivity index (χ4v) is 3.00. The monoisotopic (exact) mass is 472 g/mol. The number of aromatic nitrogens is 3. The van der Waals surface area contributed by atoms with Gasteiger partial charge >= 0.3 is 0 Å². The molecule has 2 heterocycles. The summed E-state index contributed by atoms with van der Waals surface area (Å²) in [6.45, 7) is 3.52. The van der Waals surface area contributed by atoms with E-state index < -0.39 is 0 Å². The molecule has 1 unspecified atom stereocenters. The van der Waals surface area contributed by atoms with E-state index in [0.29, 0.717) is 24.2 Å². The lowest BCUT2D eigenvalue weighted by molar-refractivity contribution is 0.370. The number of fused-ring (bicyclic) bond motifs is 1. The normalized spacial score (nSPS) is 16.4. The highest BCUT2D eigenvalue weighted by atomic mass is 127. The van der Waals surface area contributed by atoms with E-state index in [1.165, 1.54) is 0 Å². The van der Waals surface area contributed by atoms with Crippen LogP contribution in [0.4, 0.5) is 5.69 Å². The van der Waals surface area contributed by atoms with Gasteiger partial charge in [-0.05, 0) is 31.4 Å². The predicted octanol–water partition coefficient (Wildman–Crippen LogP) is 2.21. The molecule has 0 saturated carbocycles. The van der Waals surface area contributed by atoms with Gasteiger partial charge in [-0.3, -0.25) is 4.99 Å². The van der Waals surface area contributed by atoms with Gasteiger partial charge in [0.25, 0.3) is 0 Å². The van der Waals surface area contributed by atoms with E-state index in [-0.39, 0.29) is 24.0 Å². The summed E-state index contributed by atoms with van der Waals surface area (Å²) < 4.78 is 12.7. The maximum absolute atomic E-state index is 6.05. The third-order valence-corrected chi connectivity index (χ3v) is 4.42. The molecule has 0 aliphatic carbocycles. The van der Waals surface area contributed by atoms with Gasteiger partial charge in [0.2, 0.25) is 0 Å². The highest BCUT2D eigenvalue weighted by Gasteiger charge is 2.21. The Bertz CT molecular complexity index is 777. The van der Waals surface area contributed by atoms with Crippen LogP contribution in [0.15, 0.2) is 23.2 Å². The van der Waals surface area contributed by atoms with Crippen molar-refractivity contribution >= 4 is 35.6 Å². The zero-order valence-electron chi connectivity index (χ0n) is 15.2. The number of guanidine groups is 1. The van der Waals surface area contributed by atoms with E-state index >= 15 is 0 Å². The summed E-state index contributed by atoms with van der Waals surface area (Å²) in [7, 11) is 3.23. The number of hydrogen-bond donors (Lipinski definition) is 2. The molecule has 142 valence electrons. The van der Waals surface area contributed by atoms with Gasteiger partial charge < -0.3 is 25.1 Å². The minimum Gasteiger partial charge on any atom is -0.497 e. The largest absolute Gasteiger partial charge is 0.497 e. The SMILES string of the molecule is COc1ccc(OC)c(NC(N)=NCC2CCc3nnc(C)n3C2)c1.I. The van der Waals surface area contributed by atoms with Crippen LogP contribution in [0.25, 0.3) is 0 Å². The standard InChI is InChI=1S/C17H24N6O2.HI/c1-11-21-22-16-7-4-12(10-23(11)16)9-19-17(18)20-14-8-13(24-2)5-6-15(14)25-3;/h5-6,8,12H,4,7,9-10H2,1-3H3,(H3,18,19,20);1H. The zero-order valence-corrected chi connectivity index (χ0v) is 17.6. The van der Waals surface area contributed by atoms with Gasteiger partial charge in [0.1, 0.15) is 23.1 Å². The number of hydrogen-bond acceptors (Lipinski definition) is 5. The lowest BCUT2D eigenvalue weighted by Gasteiger charge is -2.22. The summed E-state index contributed by atoms with van der Waals surface area (Å²) >= 11 is 0. The molecule has 3 N–H and O–H groups in total. The van der Waals surface area contributed by atoms with E-state index in [9.17, 15) is 0 Å². The van der Waals surface area contributed by atoms with E-state index in [0.717, 1.165) is 42.5 Å². The Balaban J connectivity index is 0.00000243. The molecular formula is C17H25IN6O2. The Kier molecular flexibility index (Phi) is 7.06. The maximum Gasteiger partial charge on any atom is 0.193 e. The Morgan fingerprint density at radius 2 is 2.15 bits per heavy atom. The quantitative estimate of drug-likeness (QED) is 0.394. The van der Waals surface area contributed by atoms with Crippen molar-refractivity contribution in [2.24, 2.45) is 16.6 Å². The molecule has 0 bridgehead atoms. The van der Waals surface area contributed by atoms with Crippen LogP contribution >= 0.6 is 24.0 Å². The highest BCUT2D eigenvalue weighted by molar-refractivity contribution is 14.0. The van der Waals surface area contributed by atoms with E-state index in [2.05, 4.69) is 25.1 Å². The van der Waals surface area contributed by atoms with Gasteiger partial charge in [0, 0.05) is 25.6 Å². The number of benzene rings is 1. The molecule has 26 heavy (non-hydrogen) atoms. The van der Waals surface area contributed by atoms with Gasteiger partial charge in [0.05, 0.1) is 19.9 Å². The number of methoxy groups -OCH3 is 2. The van der Waals surface area contributed by atoms with E-state index in [1.807, 2.05) is 25.1 Å². The number of aliphatic imine (C=N–C) groups is 1. The van der Waals surface area contributed by atoms with Gasteiger partial charge in [-0.2, -0.15) is 0 Å². The molecule has 2 aromatic rings. The number of rotatable bonds is 5. The molecule has 1 aliphatic heterocycles. The molecule has 0 amide bonds. The summed E-state index contributed by atoms with van der Waals surface area (Å²) in [5, 5.41) is 11.4.